The van der Waals surface area contributed by atoms with Crippen molar-refractivity contribution in [2.45, 2.75) is 6.61 Å². The summed E-state index contributed by atoms with van der Waals surface area (Å²) in [5, 5.41) is 8.73. The van der Waals surface area contributed by atoms with Crippen LogP contribution in [0.15, 0.2) is 36.8 Å². The van der Waals surface area contributed by atoms with Crippen LogP contribution in [0.25, 0.3) is 0 Å². The fourth-order valence-corrected chi connectivity index (χ4v) is 1.40. The zero-order chi connectivity index (χ0) is 13.7. The molecule has 0 saturated heterocycles. The van der Waals surface area contributed by atoms with Crippen molar-refractivity contribution in [3.8, 4) is 5.75 Å². The summed E-state index contributed by atoms with van der Waals surface area (Å²) in [5.74, 6) is -0.669. The van der Waals surface area contributed by atoms with Gasteiger partial charge in [0.2, 0.25) is 0 Å². The second-order valence-electron chi connectivity index (χ2n) is 3.66. The van der Waals surface area contributed by atoms with E-state index in [2.05, 4.69) is 9.97 Å². The van der Waals surface area contributed by atoms with E-state index in [9.17, 15) is 9.59 Å². The van der Waals surface area contributed by atoms with Crippen molar-refractivity contribution in [3.63, 3.8) is 0 Å². The first-order chi connectivity index (χ1) is 9.20. The van der Waals surface area contributed by atoms with E-state index in [0.29, 0.717) is 23.3 Å². The zero-order valence-electron chi connectivity index (χ0n) is 10.2. The minimum absolute atomic E-state index is 0. The summed E-state index contributed by atoms with van der Waals surface area (Å²) in [4.78, 5) is 29.2. The Bertz CT molecular complexity index is 602. The molecule has 0 bridgehead atoms. The number of carbonyl (C=O) groups excluding carboxylic acids is 1. The van der Waals surface area contributed by atoms with Gasteiger partial charge in [-0.15, -0.1) is 12.4 Å². The average Bonchev–Trinajstić information content (AvgIpc) is 2.45. The van der Waals surface area contributed by atoms with Gasteiger partial charge in [0.1, 0.15) is 12.4 Å². The molecule has 2 rings (SSSR count). The van der Waals surface area contributed by atoms with Gasteiger partial charge in [-0.2, -0.15) is 0 Å². The number of hydrogen-bond acceptors (Lipinski definition) is 5. The summed E-state index contributed by atoms with van der Waals surface area (Å²) in [6.45, 7) is 0.131. The van der Waals surface area contributed by atoms with Crippen LogP contribution in [0, 0.1) is 0 Å². The highest BCUT2D eigenvalue weighted by Gasteiger charge is 2.05. The molecule has 2 heterocycles. The van der Waals surface area contributed by atoms with Gasteiger partial charge in [-0.05, 0) is 18.2 Å². The maximum Gasteiger partial charge on any atom is 0.337 e. The molecule has 6 nitrogen and oxygen atoms in total. The molecule has 0 atom stereocenters. The molecular formula is C13H11ClN2O4. The number of carbonyl (C=O) groups is 2. The number of aromatic nitrogens is 2. The van der Waals surface area contributed by atoms with Crippen LogP contribution in [0.2, 0.25) is 0 Å². The topological polar surface area (TPSA) is 89.4 Å². The predicted octanol–water partition coefficient (Wildman–Crippen LogP) is 1.99. The Hall–Kier alpha value is -2.47. The summed E-state index contributed by atoms with van der Waals surface area (Å²) in [6, 6.07) is 4.54. The minimum atomic E-state index is -1.03. The normalized spacial score (nSPS) is 9.40. The maximum atomic E-state index is 10.8. The van der Waals surface area contributed by atoms with Crippen molar-refractivity contribution in [2.24, 2.45) is 0 Å². The number of aldehydes is 1. The molecule has 0 aliphatic heterocycles. The van der Waals surface area contributed by atoms with Crippen LogP contribution in [0.1, 0.15) is 26.4 Å². The highest BCUT2D eigenvalue weighted by atomic mass is 35.5. The van der Waals surface area contributed by atoms with E-state index in [1.165, 1.54) is 24.7 Å². The highest BCUT2D eigenvalue weighted by Crippen LogP contribution is 2.15. The average molecular weight is 295 g/mol. The molecule has 0 saturated carbocycles. The second kappa shape index (κ2) is 7.20. The van der Waals surface area contributed by atoms with E-state index in [4.69, 9.17) is 9.84 Å². The minimum Gasteiger partial charge on any atom is -0.485 e. The number of carboxylic acids is 1. The van der Waals surface area contributed by atoms with Crippen molar-refractivity contribution < 1.29 is 19.4 Å². The van der Waals surface area contributed by atoms with Crippen molar-refractivity contribution in [1.29, 1.82) is 0 Å². The number of nitrogens with zero attached hydrogens (tertiary/aromatic N) is 2. The lowest BCUT2D eigenvalue weighted by Gasteiger charge is -2.07. The maximum absolute atomic E-state index is 10.8. The van der Waals surface area contributed by atoms with E-state index in [-0.39, 0.29) is 24.6 Å². The quantitative estimate of drug-likeness (QED) is 0.848. The number of hydrogen-bond donors (Lipinski definition) is 1. The summed E-state index contributed by atoms with van der Waals surface area (Å²) in [7, 11) is 0. The number of halogens is 1. The van der Waals surface area contributed by atoms with E-state index < -0.39 is 5.97 Å². The standard InChI is InChI=1S/C13H10N2O4.ClH/c16-7-10-3-4-14-6-12(10)19-8-11-2-1-9(5-15-11)13(17)18;/h1-7H,8H2,(H,17,18);1H. The SMILES string of the molecule is Cl.O=Cc1ccncc1OCc1ccc(C(=O)O)cn1. The van der Waals surface area contributed by atoms with Crippen LogP contribution in [-0.2, 0) is 6.61 Å². The monoisotopic (exact) mass is 294 g/mol. The van der Waals surface area contributed by atoms with E-state index >= 15 is 0 Å². The van der Waals surface area contributed by atoms with Crippen LogP contribution in [-0.4, -0.2) is 27.3 Å². The molecule has 20 heavy (non-hydrogen) atoms. The summed E-state index contributed by atoms with van der Waals surface area (Å²) < 4.78 is 5.41. The lowest BCUT2D eigenvalue weighted by Crippen LogP contribution is -2.03. The largest absolute Gasteiger partial charge is 0.485 e. The van der Waals surface area contributed by atoms with Crippen molar-refractivity contribution >= 4 is 24.7 Å². The molecule has 0 aromatic carbocycles. The molecule has 0 unspecified atom stereocenters. The molecule has 104 valence electrons. The molecule has 7 heteroatoms. The zero-order valence-corrected chi connectivity index (χ0v) is 11.0. The second-order valence-corrected chi connectivity index (χ2v) is 3.66. The molecular weight excluding hydrogens is 284 g/mol. The van der Waals surface area contributed by atoms with Gasteiger partial charge >= 0.3 is 5.97 Å². The number of rotatable bonds is 5. The first kappa shape index (κ1) is 15.6. The molecule has 0 amide bonds. The molecule has 2 aromatic rings. The van der Waals surface area contributed by atoms with Crippen LogP contribution in [0.5, 0.6) is 5.75 Å². The molecule has 0 aliphatic rings. The van der Waals surface area contributed by atoms with Gasteiger partial charge in [0.05, 0.1) is 23.0 Å². The number of carboxylic acid groups (broad SMARTS) is 1. The Morgan fingerprint density at radius 3 is 2.70 bits per heavy atom. The number of pyridine rings is 2. The smallest absolute Gasteiger partial charge is 0.337 e. The van der Waals surface area contributed by atoms with Gasteiger partial charge in [0, 0.05) is 12.4 Å². The lowest BCUT2D eigenvalue weighted by molar-refractivity contribution is 0.0696. The van der Waals surface area contributed by atoms with Crippen LogP contribution in [0.3, 0.4) is 0 Å². The van der Waals surface area contributed by atoms with E-state index in [1.807, 2.05) is 0 Å². The van der Waals surface area contributed by atoms with Gasteiger partial charge in [0.15, 0.2) is 6.29 Å². The van der Waals surface area contributed by atoms with Crippen molar-refractivity contribution in [1.82, 2.24) is 9.97 Å². The number of aromatic carboxylic acids is 1. The Morgan fingerprint density at radius 1 is 1.30 bits per heavy atom. The third-order valence-corrected chi connectivity index (χ3v) is 2.39. The molecule has 2 aromatic heterocycles. The predicted molar refractivity (Wildman–Crippen MR) is 72.4 cm³/mol. The van der Waals surface area contributed by atoms with Crippen molar-refractivity contribution in [2.75, 3.05) is 0 Å². The Balaban J connectivity index is 0.00000200. The fraction of sp³-hybridized carbons (Fsp3) is 0.0769. The highest BCUT2D eigenvalue weighted by molar-refractivity contribution is 5.87. The Morgan fingerprint density at radius 2 is 2.10 bits per heavy atom. The van der Waals surface area contributed by atoms with Crippen molar-refractivity contribution in [3.05, 3.63) is 53.6 Å². The van der Waals surface area contributed by atoms with Crippen LogP contribution in [0.4, 0.5) is 0 Å². The van der Waals surface area contributed by atoms with Gasteiger partial charge in [-0.1, -0.05) is 0 Å². The van der Waals surface area contributed by atoms with Gasteiger partial charge in [0.25, 0.3) is 0 Å². The summed E-state index contributed by atoms with van der Waals surface area (Å²) in [5.41, 5.74) is 1.07. The molecule has 0 radical (unpaired) electrons. The Kier molecular flexibility index (Phi) is 5.61. The Labute approximate surface area is 120 Å². The molecule has 1 N–H and O–H groups in total. The van der Waals surface area contributed by atoms with Gasteiger partial charge in [-0.3, -0.25) is 14.8 Å². The molecule has 0 fully saturated rings. The molecule has 0 spiro atoms. The van der Waals surface area contributed by atoms with Crippen LogP contribution >= 0.6 is 12.4 Å². The van der Waals surface area contributed by atoms with Gasteiger partial charge in [-0.25, -0.2) is 4.79 Å². The van der Waals surface area contributed by atoms with E-state index in [0.717, 1.165) is 0 Å². The fourth-order valence-electron chi connectivity index (χ4n) is 1.40. The lowest BCUT2D eigenvalue weighted by atomic mass is 10.2. The summed E-state index contributed by atoms with van der Waals surface area (Å²) in [6.07, 6.45) is 4.87. The van der Waals surface area contributed by atoms with Crippen LogP contribution < -0.4 is 4.74 Å². The van der Waals surface area contributed by atoms with E-state index in [1.54, 1.807) is 12.1 Å². The number of ether oxygens (including phenoxy) is 1. The third kappa shape index (κ3) is 3.76. The third-order valence-electron chi connectivity index (χ3n) is 2.39. The molecule has 0 aliphatic carbocycles. The first-order valence-corrected chi connectivity index (χ1v) is 5.41. The summed E-state index contributed by atoms with van der Waals surface area (Å²) >= 11 is 0. The first-order valence-electron chi connectivity index (χ1n) is 5.41. The van der Waals surface area contributed by atoms with Gasteiger partial charge < -0.3 is 9.84 Å².